The van der Waals surface area contributed by atoms with Crippen LogP contribution < -0.4 is 4.72 Å². The number of sulfonamides is 1. The molecule has 21 heavy (non-hydrogen) atoms. The Morgan fingerprint density at radius 2 is 1.86 bits per heavy atom. The first-order valence-electron chi connectivity index (χ1n) is 6.98. The number of pyridine rings is 1. The van der Waals surface area contributed by atoms with Crippen LogP contribution in [0.2, 0.25) is 0 Å². The van der Waals surface area contributed by atoms with Gasteiger partial charge in [0.05, 0.1) is 4.90 Å². The van der Waals surface area contributed by atoms with Crippen molar-refractivity contribution in [3.8, 4) is 0 Å². The molecule has 0 saturated heterocycles. The van der Waals surface area contributed by atoms with Crippen LogP contribution in [0.5, 0.6) is 0 Å². The van der Waals surface area contributed by atoms with Crippen molar-refractivity contribution in [2.75, 3.05) is 4.72 Å². The summed E-state index contributed by atoms with van der Waals surface area (Å²) in [6.07, 6.45) is 2.59. The first kappa shape index (κ1) is 15.5. The van der Waals surface area contributed by atoms with Crippen molar-refractivity contribution in [3.63, 3.8) is 0 Å². The molecule has 112 valence electrons. The van der Waals surface area contributed by atoms with Gasteiger partial charge < -0.3 is 0 Å². The monoisotopic (exact) mass is 304 g/mol. The molecule has 5 heteroatoms. The van der Waals surface area contributed by atoms with E-state index in [4.69, 9.17) is 0 Å². The number of aryl methyl sites for hydroxylation is 1. The van der Waals surface area contributed by atoms with Crippen LogP contribution in [0.3, 0.4) is 0 Å². The number of nitrogens with one attached hydrogen (secondary N) is 1. The molecule has 1 atom stereocenters. The number of benzene rings is 1. The van der Waals surface area contributed by atoms with E-state index >= 15 is 0 Å². The minimum absolute atomic E-state index is 0.250. The van der Waals surface area contributed by atoms with Gasteiger partial charge in [0.2, 0.25) is 0 Å². The molecule has 2 aromatic rings. The van der Waals surface area contributed by atoms with Crippen LogP contribution in [0.15, 0.2) is 47.5 Å². The summed E-state index contributed by atoms with van der Waals surface area (Å²) in [5.74, 6) is 0.788. The zero-order chi connectivity index (χ0) is 15.5. The lowest BCUT2D eigenvalue weighted by molar-refractivity contribution is 0.601. The minimum atomic E-state index is -3.60. The second-order valence-corrected chi connectivity index (χ2v) is 6.84. The Balaban J connectivity index is 2.26. The Morgan fingerprint density at radius 1 is 1.19 bits per heavy atom. The van der Waals surface area contributed by atoms with Crippen molar-refractivity contribution in [2.24, 2.45) is 0 Å². The van der Waals surface area contributed by atoms with Gasteiger partial charge in [-0.25, -0.2) is 13.4 Å². The molecule has 0 radical (unpaired) electrons. The molecule has 0 aliphatic carbocycles. The van der Waals surface area contributed by atoms with Crippen LogP contribution in [-0.4, -0.2) is 13.4 Å². The SMILES string of the molecule is CCC(C)c1ccc(S(=O)(=O)Nc2ncccc2C)cc1. The van der Waals surface area contributed by atoms with Crippen LogP contribution in [0.1, 0.15) is 37.3 Å². The van der Waals surface area contributed by atoms with E-state index in [1.807, 2.05) is 25.1 Å². The average molecular weight is 304 g/mol. The molecule has 0 fully saturated rings. The van der Waals surface area contributed by atoms with Gasteiger partial charge in [0, 0.05) is 6.20 Å². The molecule has 0 aliphatic heterocycles. The molecule has 2 rings (SSSR count). The summed E-state index contributed by atoms with van der Waals surface area (Å²) in [5, 5.41) is 0. The highest BCUT2D eigenvalue weighted by atomic mass is 32.2. The molecule has 4 nitrogen and oxygen atoms in total. The summed E-state index contributed by atoms with van der Waals surface area (Å²) in [6, 6.07) is 10.6. The Morgan fingerprint density at radius 3 is 2.43 bits per heavy atom. The highest BCUT2D eigenvalue weighted by Crippen LogP contribution is 2.22. The Hall–Kier alpha value is -1.88. The predicted octanol–water partition coefficient (Wildman–Crippen LogP) is 3.70. The van der Waals surface area contributed by atoms with Crippen molar-refractivity contribution in [1.29, 1.82) is 0 Å². The average Bonchev–Trinajstić information content (AvgIpc) is 2.49. The van der Waals surface area contributed by atoms with Crippen molar-refractivity contribution in [3.05, 3.63) is 53.7 Å². The van der Waals surface area contributed by atoms with Crippen LogP contribution >= 0.6 is 0 Å². The van der Waals surface area contributed by atoms with E-state index in [0.717, 1.165) is 17.5 Å². The zero-order valence-corrected chi connectivity index (χ0v) is 13.3. The molecule has 0 aliphatic rings. The summed E-state index contributed by atoms with van der Waals surface area (Å²) < 4.78 is 27.2. The molecular weight excluding hydrogens is 284 g/mol. The molecule has 0 spiro atoms. The van der Waals surface area contributed by atoms with Crippen LogP contribution in [0, 0.1) is 6.92 Å². The van der Waals surface area contributed by atoms with Crippen LogP contribution in [-0.2, 0) is 10.0 Å². The lowest BCUT2D eigenvalue weighted by Crippen LogP contribution is -2.14. The standard InChI is InChI=1S/C16H20N2O2S/c1-4-12(2)14-7-9-15(10-8-14)21(19,20)18-16-13(3)6-5-11-17-16/h5-12H,4H2,1-3H3,(H,17,18). The molecule has 1 aromatic heterocycles. The number of anilines is 1. The summed E-state index contributed by atoms with van der Waals surface area (Å²) >= 11 is 0. The second kappa shape index (κ2) is 6.26. The van der Waals surface area contributed by atoms with E-state index in [9.17, 15) is 8.42 Å². The lowest BCUT2D eigenvalue weighted by Gasteiger charge is -2.12. The quantitative estimate of drug-likeness (QED) is 0.916. The maximum Gasteiger partial charge on any atom is 0.263 e. The van der Waals surface area contributed by atoms with Gasteiger partial charge in [-0.1, -0.05) is 32.0 Å². The fourth-order valence-corrected chi connectivity index (χ4v) is 3.07. The highest BCUT2D eigenvalue weighted by Gasteiger charge is 2.16. The van der Waals surface area contributed by atoms with E-state index in [2.05, 4.69) is 23.6 Å². The first-order chi connectivity index (χ1) is 9.94. The third kappa shape index (κ3) is 3.61. The lowest BCUT2D eigenvalue weighted by atomic mass is 9.99. The maximum absolute atomic E-state index is 12.4. The molecule has 1 aromatic carbocycles. The van der Waals surface area contributed by atoms with E-state index in [-0.39, 0.29) is 4.90 Å². The van der Waals surface area contributed by atoms with Gasteiger partial charge in [0.15, 0.2) is 0 Å². The zero-order valence-electron chi connectivity index (χ0n) is 12.5. The van der Waals surface area contributed by atoms with Crippen LogP contribution in [0.4, 0.5) is 5.82 Å². The second-order valence-electron chi connectivity index (χ2n) is 5.15. The summed E-state index contributed by atoms with van der Waals surface area (Å²) in [4.78, 5) is 4.31. The van der Waals surface area contributed by atoms with E-state index in [1.165, 1.54) is 0 Å². The summed E-state index contributed by atoms with van der Waals surface area (Å²) in [5.41, 5.74) is 1.93. The van der Waals surface area contributed by atoms with Gasteiger partial charge in [-0.05, 0) is 48.6 Å². The summed E-state index contributed by atoms with van der Waals surface area (Å²) in [7, 11) is -3.60. The van der Waals surface area contributed by atoms with Crippen molar-refractivity contribution in [1.82, 2.24) is 4.98 Å². The third-order valence-corrected chi connectivity index (χ3v) is 4.97. The number of hydrogen-bond donors (Lipinski definition) is 1. The van der Waals surface area contributed by atoms with Gasteiger partial charge in [-0.15, -0.1) is 0 Å². The van der Waals surface area contributed by atoms with Gasteiger partial charge in [-0.3, -0.25) is 4.72 Å². The molecule has 0 amide bonds. The van der Waals surface area contributed by atoms with Crippen molar-refractivity contribution >= 4 is 15.8 Å². The van der Waals surface area contributed by atoms with E-state index < -0.39 is 10.0 Å². The van der Waals surface area contributed by atoms with E-state index in [1.54, 1.807) is 24.4 Å². The largest absolute Gasteiger partial charge is 0.263 e. The normalized spacial score (nSPS) is 12.9. The van der Waals surface area contributed by atoms with Crippen molar-refractivity contribution in [2.45, 2.75) is 38.0 Å². The predicted molar refractivity (Wildman–Crippen MR) is 84.9 cm³/mol. The smallest absolute Gasteiger partial charge is 0.263 e. The summed E-state index contributed by atoms with van der Waals surface area (Å²) in [6.45, 7) is 6.05. The van der Waals surface area contributed by atoms with Gasteiger partial charge in [0.25, 0.3) is 10.0 Å². The number of aromatic nitrogens is 1. The Kier molecular flexibility index (Phi) is 4.63. The minimum Gasteiger partial charge on any atom is -0.263 e. The molecule has 1 heterocycles. The van der Waals surface area contributed by atoms with Gasteiger partial charge in [0.1, 0.15) is 5.82 Å². The Labute approximate surface area is 126 Å². The number of hydrogen-bond acceptors (Lipinski definition) is 3. The fourth-order valence-electron chi connectivity index (χ4n) is 1.99. The third-order valence-electron chi connectivity index (χ3n) is 3.61. The van der Waals surface area contributed by atoms with Crippen LogP contribution in [0.25, 0.3) is 0 Å². The molecule has 0 saturated carbocycles. The number of rotatable bonds is 5. The number of nitrogens with zero attached hydrogens (tertiary/aromatic N) is 1. The molecular formula is C16H20N2O2S. The highest BCUT2D eigenvalue weighted by molar-refractivity contribution is 7.92. The Bertz CT molecular complexity index is 709. The molecule has 1 N–H and O–H groups in total. The topological polar surface area (TPSA) is 59.1 Å². The van der Waals surface area contributed by atoms with Gasteiger partial charge >= 0.3 is 0 Å². The molecule has 0 bridgehead atoms. The first-order valence-corrected chi connectivity index (χ1v) is 8.46. The van der Waals surface area contributed by atoms with Crippen molar-refractivity contribution < 1.29 is 8.42 Å². The van der Waals surface area contributed by atoms with Gasteiger partial charge in [-0.2, -0.15) is 0 Å². The maximum atomic E-state index is 12.4. The fraction of sp³-hybridized carbons (Fsp3) is 0.312. The molecule has 1 unspecified atom stereocenters. The van der Waals surface area contributed by atoms with E-state index in [0.29, 0.717) is 11.7 Å².